The van der Waals surface area contributed by atoms with Crippen molar-refractivity contribution in [1.82, 2.24) is 9.55 Å². The van der Waals surface area contributed by atoms with E-state index in [2.05, 4.69) is 20.9 Å². The number of carbonyl (C=O) groups excluding carboxylic acids is 1. The average molecular weight is 351 g/mol. The molecule has 0 bridgehead atoms. The van der Waals surface area contributed by atoms with Crippen molar-refractivity contribution in [3.8, 4) is 17.0 Å². The molecule has 1 amide bonds. The van der Waals surface area contributed by atoms with Crippen LogP contribution in [0.1, 0.15) is 6.42 Å². The van der Waals surface area contributed by atoms with Gasteiger partial charge in [-0.05, 0) is 36.6 Å². The number of aliphatic hydroxyl groups excluding tert-OH is 1. The summed E-state index contributed by atoms with van der Waals surface area (Å²) in [4.78, 5) is 16.5. The van der Waals surface area contributed by atoms with E-state index in [1.807, 2.05) is 37.4 Å². The molecule has 1 aliphatic rings. The van der Waals surface area contributed by atoms with E-state index in [1.54, 1.807) is 13.3 Å². The van der Waals surface area contributed by atoms with Crippen LogP contribution < -0.4 is 10.1 Å². The van der Waals surface area contributed by atoms with Gasteiger partial charge in [0.1, 0.15) is 11.6 Å². The number of carbonyl (C=O) groups is 1. The van der Waals surface area contributed by atoms with Gasteiger partial charge in [0, 0.05) is 30.5 Å². The van der Waals surface area contributed by atoms with E-state index < -0.39 is 0 Å². The number of benzene rings is 1. The molecule has 1 unspecified atom stereocenters. The molecule has 0 aliphatic heterocycles. The summed E-state index contributed by atoms with van der Waals surface area (Å²) in [6.45, 7) is 0.0610. The first-order valence-electron chi connectivity index (χ1n) is 8.63. The smallest absolute Gasteiger partial charge is 0.229 e. The number of aliphatic hydroxyl groups is 1. The summed E-state index contributed by atoms with van der Waals surface area (Å²) in [6.07, 6.45) is 2.51. The van der Waals surface area contributed by atoms with E-state index >= 15 is 0 Å². The molecule has 2 aromatic heterocycles. The van der Waals surface area contributed by atoms with Crippen molar-refractivity contribution in [2.75, 3.05) is 19.0 Å². The van der Waals surface area contributed by atoms with Gasteiger partial charge in [0.2, 0.25) is 5.91 Å². The number of amides is 1. The number of rotatable bonds is 5. The van der Waals surface area contributed by atoms with Gasteiger partial charge in [-0.25, -0.2) is 4.98 Å². The fraction of sp³-hybridized carbons (Fsp3) is 0.300. The zero-order valence-corrected chi connectivity index (χ0v) is 14.8. The van der Waals surface area contributed by atoms with E-state index in [1.165, 1.54) is 0 Å². The molecule has 26 heavy (non-hydrogen) atoms. The minimum Gasteiger partial charge on any atom is -0.496 e. The number of hydrogen-bond donors (Lipinski definition) is 2. The second-order valence-electron chi connectivity index (χ2n) is 6.69. The van der Waals surface area contributed by atoms with Crippen LogP contribution in [0.15, 0.2) is 42.6 Å². The number of methoxy groups -OCH3 is 1. The molecule has 0 saturated heterocycles. The van der Waals surface area contributed by atoms with Crippen LogP contribution in [0.4, 0.5) is 5.82 Å². The highest BCUT2D eigenvalue weighted by atomic mass is 16.5. The van der Waals surface area contributed by atoms with Gasteiger partial charge >= 0.3 is 0 Å². The molecule has 134 valence electrons. The van der Waals surface area contributed by atoms with Crippen LogP contribution in [0.25, 0.3) is 22.2 Å². The number of aryl methyl sites for hydroxylation is 1. The normalized spacial score (nSPS) is 18.7. The van der Waals surface area contributed by atoms with Crippen LogP contribution >= 0.6 is 0 Å². The Kier molecular flexibility index (Phi) is 4.12. The fourth-order valence-corrected chi connectivity index (χ4v) is 3.41. The molecule has 1 fully saturated rings. The van der Waals surface area contributed by atoms with Gasteiger partial charge in [0.25, 0.3) is 0 Å². The number of para-hydroxylation sites is 1. The van der Waals surface area contributed by atoms with Gasteiger partial charge in [-0.2, -0.15) is 0 Å². The first-order valence-corrected chi connectivity index (χ1v) is 8.63. The van der Waals surface area contributed by atoms with Crippen LogP contribution in [0.3, 0.4) is 0 Å². The van der Waals surface area contributed by atoms with Gasteiger partial charge in [-0.1, -0.05) is 12.1 Å². The fourth-order valence-electron chi connectivity index (χ4n) is 3.41. The van der Waals surface area contributed by atoms with Gasteiger partial charge in [-0.3, -0.25) is 4.79 Å². The summed E-state index contributed by atoms with van der Waals surface area (Å²) < 4.78 is 7.54. The van der Waals surface area contributed by atoms with E-state index in [9.17, 15) is 4.79 Å². The molecule has 2 N–H and O–H groups in total. The number of hydrogen-bond acceptors (Lipinski definition) is 4. The molecule has 1 aliphatic carbocycles. The summed E-state index contributed by atoms with van der Waals surface area (Å²) in [5, 5.41) is 13.0. The maximum Gasteiger partial charge on any atom is 0.229 e. The van der Waals surface area contributed by atoms with Crippen molar-refractivity contribution >= 4 is 22.6 Å². The molecule has 6 nitrogen and oxygen atoms in total. The Balaban J connectivity index is 1.66. The van der Waals surface area contributed by atoms with Crippen LogP contribution in [0.5, 0.6) is 5.75 Å². The lowest BCUT2D eigenvalue weighted by molar-refractivity contribution is -0.117. The zero-order valence-electron chi connectivity index (χ0n) is 14.8. The molecule has 2 atom stereocenters. The van der Waals surface area contributed by atoms with Crippen LogP contribution in [-0.4, -0.2) is 34.3 Å². The maximum atomic E-state index is 12.2. The summed E-state index contributed by atoms with van der Waals surface area (Å²) in [5.74, 6) is 1.26. The third kappa shape index (κ3) is 2.82. The Morgan fingerprint density at radius 3 is 2.92 bits per heavy atom. The number of pyridine rings is 1. The topological polar surface area (TPSA) is 76.4 Å². The molecule has 4 rings (SSSR count). The number of nitrogens with one attached hydrogen (secondary N) is 1. The molecular weight excluding hydrogens is 330 g/mol. The molecule has 0 spiro atoms. The Morgan fingerprint density at radius 2 is 2.19 bits per heavy atom. The third-order valence-corrected chi connectivity index (χ3v) is 5.06. The average Bonchev–Trinajstić information content (AvgIpc) is 3.39. The zero-order chi connectivity index (χ0) is 18.3. The molecule has 3 aromatic rings. The van der Waals surface area contributed by atoms with Crippen molar-refractivity contribution in [2.24, 2.45) is 18.9 Å². The molecule has 2 heterocycles. The van der Waals surface area contributed by atoms with Crippen molar-refractivity contribution in [1.29, 1.82) is 0 Å². The second-order valence-corrected chi connectivity index (χ2v) is 6.69. The first-order chi connectivity index (χ1) is 12.6. The highest BCUT2D eigenvalue weighted by Crippen LogP contribution is 2.39. The van der Waals surface area contributed by atoms with Crippen molar-refractivity contribution in [2.45, 2.75) is 6.42 Å². The number of nitrogens with zero attached hydrogens (tertiary/aromatic N) is 2. The first kappa shape index (κ1) is 16.6. The van der Waals surface area contributed by atoms with Gasteiger partial charge < -0.3 is 19.7 Å². The van der Waals surface area contributed by atoms with E-state index in [0.29, 0.717) is 5.82 Å². The Morgan fingerprint density at radius 1 is 1.38 bits per heavy atom. The predicted octanol–water partition coefficient (Wildman–Crippen LogP) is 2.82. The van der Waals surface area contributed by atoms with Gasteiger partial charge in [0.05, 0.1) is 24.5 Å². The summed E-state index contributed by atoms with van der Waals surface area (Å²) >= 11 is 0. The molecule has 0 radical (unpaired) electrons. The highest BCUT2D eigenvalue weighted by Gasteiger charge is 2.42. The summed E-state index contributed by atoms with van der Waals surface area (Å²) in [6, 6.07) is 11.8. The minimum atomic E-state index is -0.0996. The molecule has 1 saturated carbocycles. The largest absolute Gasteiger partial charge is 0.496 e. The van der Waals surface area contributed by atoms with Crippen LogP contribution in [0.2, 0.25) is 0 Å². The predicted molar refractivity (Wildman–Crippen MR) is 100 cm³/mol. The quantitative estimate of drug-likeness (QED) is 0.741. The highest BCUT2D eigenvalue weighted by molar-refractivity contribution is 5.96. The lowest BCUT2D eigenvalue weighted by Gasteiger charge is -2.09. The lowest BCUT2D eigenvalue weighted by atomic mass is 10.1. The monoisotopic (exact) mass is 351 g/mol. The third-order valence-electron chi connectivity index (χ3n) is 5.06. The van der Waals surface area contributed by atoms with Gasteiger partial charge in [0.15, 0.2) is 0 Å². The Hall–Kier alpha value is -2.86. The number of fused-ring (bicyclic) bond motifs is 1. The Bertz CT molecular complexity index is 980. The van der Waals surface area contributed by atoms with Gasteiger partial charge in [-0.15, -0.1) is 0 Å². The van der Waals surface area contributed by atoms with E-state index in [4.69, 9.17) is 9.84 Å². The Labute approximate surface area is 151 Å². The second kappa shape index (κ2) is 6.46. The van der Waals surface area contributed by atoms with Crippen molar-refractivity contribution < 1.29 is 14.6 Å². The molecular formula is C20H21N3O3. The number of ether oxygens (including phenoxy) is 1. The van der Waals surface area contributed by atoms with Crippen molar-refractivity contribution in [3.63, 3.8) is 0 Å². The summed E-state index contributed by atoms with van der Waals surface area (Å²) in [7, 11) is 3.65. The minimum absolute atomic E-state index is 0.0610. The number of aromatic nitrogens is 2. The molecule has 6 heteroatoms. The van der Waals surface area contributed by atoms with E-state index in [0.717, 1.165) is 34.3 Å². The SMILES string of the molecule is COc1ccccc1-c1cc2cc(NC(=O)[C@H]3CC3CO)ncc2n1C. The lowest BCUT2D eigenvalue weighted by Crippen LogP contribution is -2.16. The number of anilines is 1. The van der Waals surface area contributed by atoms with Crippen molar-refractivity contribution in [3.05, 3.63) is 42.6 Å². The van der Waals surface area contributed by atoms with E-state index in [-0.39, 0.29) is 24.3 Å². The molecule has 1 aromatic carbocycles. The maximum absolute atomic E-state index is 12.2. The summed E-state index contributed by atoms with van der Waals surface area (Å²) in [5.41, 5.74) is 3.00. The van der Waals surface area contributed by atoms with Crippen LogP contribution in [0, 0.1) is 11.8 Å². The van der Waals surface area contributed by atoms with Crippen LogP contribution in [-0.2, 0) is 11.8 Å². The standard InChI is InChI=1S/C20H21N3O3/c1-23-16(14-5-3-4-6-18(14)26-2)8-12-9-19(21-10-17(12)23)22-20(25)15-7-13(15)11-24/h3-6,8-10,13,15,24H,7,11H2,1-2H3,(H,21,22,25)/t13?,15-/m0/s1.